The molecule has 19 heavy (non-hydrogen) atoms. The van der Waals surface area contributed by atoms with Gasteiger partial charge in [-0.05, 0) is 25.7 Å². The van der Waals surface area contributed by atoms with Gasteiger partial charge in [0.2, 0.25) is 5.91 Å². The van der Waals surface area contributed by atoms with E-state index >= 15 is 0 Å². The average molecular weight is 269 g/mol. The van der Waals surface area contributed by atoms with E-state index in [-0.39, 0.29) is 18.4 Å². The second-order valence-electron chi connectivity index (χ2n) is 6.06. The lowest BCUT2D eigenvalue weighted by molar-refractivity contribution is -0.154. The molecule has 1 aliphatic rings. The SMILES string of the molecule is CCC(C)C(C)NC(=O)CC1(C(=O)O)CCCCC1. The summed E-state index contributed by atoms with van der Waals surface area (Å²) in [7, 11) is 0. The lowest BCUT2D eigenvalue weighted by Gasteiger charge is -2.33. The summed E-state index contributed by atoms with van der Waals surface area (Å²) < 4.78 is 0. The van der Waals surface area contributed by atoms with Crippen LogP contribution >= 0.6 is 0 Å². The molecular weight excluding hydrogens is 242 g/mol. The smallest absolute Gasteiger partial charge is 0.310 e. The number of carbonyl (C=O) groups excluding carboxylic acids is 1. The summed E-state index contributed by atoms with van der Waals surface area (Å²) in [5.74, 6) is -0.508. The quantitative estimate of drug-likeness (QED) is 0.779. The summed E-state index contributed by atoms with van der Waals surface area (Å²) in [4.78, 5) is 23.6. The Morgan fingerprint density at radius 3 is 2.26 bits per heavy atom. The summed E-state index contributed by atoms with van der Waals surface area (Å²) in [5, 5.41) is 12.4. The lowest BCUT2D eigenvalue weighted by Crippen LogP contribution is -2.43. The molecule has 1 saturated carbocycles. The van der Waals surface area contributed by atoms with Crippen molar-refractivity contribution in [3.05, 3.63) is 0 Å². The zero-order valence-corrected chi connectivity index (χ0v) is 12.4. The Labute approximate surface area is 116 Å². The highest BCUT2D eigenvalue weighted by molar-refractivity contribution is 5.85. The van der Waals surface area contributed by atoms with E-state index in [4.69, 9.17) is 0 Å². The van der Waals surface area contributed by atoms with Gasteiger partial charge < -0.3 is 10.4 Å². The Balaban J connectivity index is 2.59. The molecule has 1 aliphatic carbocycles. The molecule has 0 bridgehead atoms. The Kier molecular flexibility index (Phi) is 5.83. The summed E-state index contributed by atoms with van der Waals surface area (Å²) in [6.45, 7) is 6.17. The number of amides is 1. The van der Waals surface area contributed by atoms with Gasteiger partial charge in [0, 0.05) is 12.5 Å². The first-order valence-electron chi connectivity index (χ1n) is 7.44. The first kappa shape index (κ1) is 16.0. The molecule has 0 radical (unpaired) electrons. The number of hydrogen-bond acceptors (Lipinski definition) is 2. The maximum absolute atomic E-state index is 12.1. The van der Waals surface area contributed by atoms with Crippen LogP contribution in [0.25, 0.3) is 0 Å². The summed E-state index contributed by atoms with van der Waals surface area (Å²) in [5.41, 5.74) is -0.822. The molecule has 1 fully saturated rings. The van der Waals surface area contributed by atoms with Crippen molar-refractivity contribution in [3.63, 3.8) is 0 Å². The van der Waals surface area contributed by atoms with Crippen LogP contribution in [0.5, 0.6) is 0 Å². The average Bonchev–Trinajstić information content (AvgIpc) is 2.38. The Hall–Kier alpha value is -1.06. The highest BCUT2D eigenvalue weighted by atomic mass is 16.4. The number of hydrogen-bond donors (Lipinski definition) is 2. The molecule has 2 N–H and O–H groups in total. The molecule has 0 aromatic carbocycles. The van der Waals surface area contributed by atoms with Crippen LogP contribution in [-0.2, 0) is 9.59 Å². The van der Waals surface area contributed by atoms with Crippen LogP contribution in [0.15, 0.2) is 0 Å². The predicted octanol–water partition coefficient (Wildman–Crippen LogP) is 2.96. The van der Waals surface area contributed by atoms with E-state index in [0.29, 0.717) is 18.8 Å². The van der Waals surface area contributed by atoms with Gasteiger partial charge in [0.15, 0.2) is 0 Å². The molecule has 4 nitrogen and oxygen atoms in total. The van der Waals surface area contributed by atoms with Gasteiger partial charge in [0.1, 0.15) is 0 Å². The normalized spacial score (nSPS) is 21.4. The monoisotopic (exact) mass is 269 g/mol. The van der Waals surface area contributed by atoms with E-state index in [1.807, 2.05) is 6.92 Å². The predicted molar refractivity (Wildman–Crippen MR) is 74.8 cm³/mol. The van der Waals surface area contributed by atoms with Crippen LogP contribution in [0.2, 0.25) is 0 Å². The fourth-order valence-electron chi connectivity index (χ4n) is 2.80. The van der Waals surface area contributed by atoms with Crippen molar-refractivity contribution in [1.29, 1.82) is 0 Å². The Morgan fingerprint density at radius 2 is 1.79 bits per heavy atom. The van der Waals surface area contributed by atoms with Crippen LogP contribution in [0.3, 0.4) is 0 Å². The number of nitrogens with one attached hydrogen (secondary N) is 1. The third kappa shape index (κ3) is 4.22. The minimum absolute atomic E-state index is 0.104. The molecule has 0 aromatic rings. The summed E-state index contributed by atoms with van der Waals surface area (Å²) in [6, 6.07) is 0.104. The molecule has 2 unspecified atom stereocenters. The van der Waals surface area contributed by atoms with Crippen molar-refractivity contribution in [1.82, 2.24) is 5.32 Å². The Morgan fingerprint density at radius 1 is 1.21 bits per heavy atom. The summed E-state index contributed by atoms with van der Waals surface area (Å²) >= 11 is 0. The zero-order chi connectivity index (χ0) is 14.5. The molecule has 0 heterocycles. The number of carboxylic acids is 1. The van der Waals surface area contributed by atoms with Crippen LogP contribution in [-0.4, -0.2) is 23.0 Å². The molecule has 0 aromatic heterocycles. The lowest BCUT2D eigenvalue weighted by atomic mass is 9.71. The molecular formula is C15H27NO3. The van der Waals surface area contributed by atoms with Gasteiger partial charge >= 0.3 is 5.97 Å². The molecule has 2 atom stereocenters. The zero-order valence-electron chi connectivity index (χ0n) is 12.4. The number of rotatable bonds is 6. The van der Waals surface area contributed by atoms with Crippen molar-refractivity contribution in [2.45, 2.75) is 71.8 Å². The van der Waals surface area contributed by atoms with Gasteiger partial charge in [0.05, 0.1) is 5.41 Å². The molecule has 4 heteroatoms. The van der Waals surface area contributed by atoms with E-state index in [0.717, 1.165) is 25.7 Å². The molecule has 1 amide bonds. The second-order valence-corrected chi connectivity index (χ2v) is 6.06. The number of aliphatic carboxylic acids is 1. The van der Waals surface area contributed by atoms with Crippen molar-refractivity contribution in [2.24, 2.45) is 11.3 Å². The van der Waals surface area contributed by atoms with Crippen molar-refractivity contribution in [3.8, 4) is 0 Å². The molecule has 0 aliphatic heterocycles. The maximum atomic E-state index is 12.1. The van der Waals surface area contributed by atoms with E-state index in [1.54, 1.807) is 0 Å². The topological polar surface area (TPSA) is 66.4 Å². The Bertz CT molecular complexity index is 321. The third-order valence-corrected chi connectivity index (χ3v) is 4.65. The van der Waals surface area contributed by atoms with Gasteiger partial charge in [-0.15, -0.1) is 0 Å². The van der Waals surface area contributed by atoms with Crippen molar-refractivity contribution >= 4 is 11.9 Å². The van der Waals surface area contributed by atoms with E-state index < -0.39 is 11.4 Å². The standard InChI is InChI=1S/C15H27NO3/c1-4-11(2)12(3)16-13(17)10-15(14(18)19)8-6-5-7-9-15/h11-12H,4-10H2,1-3H3,(H,16,17)(H,18,19). The van der Waals surface area contributed by atoms with E-state index in [9.17, 15) is 14.7 Å². The van der Waals surface area contributed by atoms with Crippen LogP contribution in [0.1, 0.15) is 65.7 Å². The fraction of sp³-hybridized carbons (Fsp3) is 0.867. The minimum Gasteiger partial charge on any atom is -0.481 e. The summed E-state index contributed by atoms with van der Waals surface area (Å²) in [6.07, 6.45) is 5.32. The molecule has 0 spiro atoms. The van der Waals surface area contributed by atoms with Crippen LogP contribution < -0.4 is 5.32 Å². The molecule has 110 valence electrons. The van der Waals surface area contributed by atoms with Crippen molar-refractivity contribution in [2.75, 3.05) is 0 Å². The van der Waals surface area contributed by atoms with Gasteiger partial charge in [-0.25, -0.2) is 0 Å². The number of carbonyl (C=O) groups is 2. The maximum Gasteiger partial charge on any atom is 0.310 e. The van der Waals surface area contributed by atoms with Crippen LogP contribution in [0.4, 0.5) is 0 Å². The highest BCUT2D eigenvalue weighted by Crippen LogP contribution is 2.39. The van der Waals surface area contributed by atoms with Gasteiger partial charge in [-0.2, -0.15) is 0 Å². The minimum atomic E-state index is -0.822. The first-order valence-corrected chi connectivity index (χ1v) is 7.44. The van der Waals surface area contributed by atoms with Crippen molar-refractivity contribution < 1.29 is 14.7 Å². The largest absolute Gasteiger partial charge is 0.481 e. The third-order valence-electron chi connectivity index (χ3n) is 4.65. The second kappa shape index (κ2) is 6.92. The molecule has 0 saturated heterocycles. The van der Waals surface area contributed by atoms with Crippen LogP contribution in [0, 0.1) is 11.3 Å². The first-order chi connectivity index (χ1) is 8.91. The van der Waals surface area contributed by atoms with E-state index in [1.165, 1.54) is 0 Å². The highest BCUT2D eigenvalue weighted by Gasteiger charge is 2.41. The molecule has 1 rings (SSSR count). The van der Waals surface area contributed by atoms with Gasteiger partial charge in [-0.1, -0.05) is 39.5 Å². The van der Waals surface area contributed by atoms with Gasteiger partial charge in [0.25, 0.3) is 0 Å². The van der Waals surface area contributed by atoms with E-state index in [2.05, 4.69) is 19.2 Å². The van der Waals surface area contributed by atoms with Gasteiger partial charge in [-0.3, -0.25) is 9.59 Å². The fourth-order valence-corrected chi connectivity index (χ4v) is 2.80. The number of carboxylic acid groups (broad SMARTS) is 1.